The topological polar surface area (TPSA) is 402 Å². The van der Waals surface area contributed by atoms with Crippen molar-refractivity contribution in [2.24, 2.45) is 28.1 Å². The molecule has 0 fully saturated rings. The average Bonchev–Trinajstić information content (AvgIpc) is 3.78. The second-order valence-corrected chi connectivity index (χ2v) is 18.8. The highest BCUT2D eigenvalue weighted by molar-refractivity contribution is 7.80. The van der Waals surface area contributed by atoms with Crippen LogP contribution >= 0.6 is 12.2 Å². The molecule has 6 rings (SSSR count). The molecule has 5 atom stereocenters. The van der Waals surface area contributed by atoms with Crippen LogP contribution in [0.15, 0.2) is 83.9 Å². The van der Waals surface area contributed by atoms with Crippen LogP contribution in [-0.2, 0) is 45.5 Å². The number of carboxylic acids is 2. The van der Waals surface area contributed by atoms with E-state index in [2.05, 4.69) is 36.9 Å². The number of nitrogens with one attached hydrogen (secondary N) is 6. The van der Waals surface area contributed by atoms with Crippen molar-refractivity contribution in [3.63, 3.8) is 0 Å². The highest BCUT2D eigenvalue weighted by Crippen LogP contribution is 2.57. The number of fused-ring (bicyclic) bond motifs is 6. The van der Waals surface area contributed by atoms with Gasteiger partial charge >= 0.3 is 17.9 Å². The maximum atomic E-state index is 14.3. The lowest BCUT2D eigenvalue weighted by Gasteiger charge is -2.36. The van der Waals surface area contributed by atoms with Gasteiger partial charge in [-0.1, -0.05) is 32.0 Å². The quantitative estimate of drug-likeness (QED) is 0.0156. The second-order valence-electron chi connectivity index (χ2n) is 18.4. The number of guanidine groups is 1. The van der Waals surface area contributed by atoms with Gasteiger partial charge in [0.25, 0.3) is 0 Å². The first-order valence-corrected chi connectivity index (χ1v) is 24.5. The highest BCUT2D eigenvalue weighted by Gasteiger charge is 2.54. The number of thiocarbonyl (C=S) groups is 1. The molecule has 0 aromatic heterocycles. The van der Waals surface area contributed by atoms with E-state index in [1.54, 1.807) is 38.1 Å². The van der Waals surface area contributed by atoms with E-state index in [-0.39, 0.29) is 84.2 Å². The lowest BCUT2D eigenvalue weighted by molar-refractivity contribution is -0.143. The van der Waals surface area contributed by atoms with Gasteiger partial charge in [-0.05, 0) is 111 Å². The minimum Gasteiger partial charge on any atom is -0.508 e. The predicted molar refractivity (Wildman–Crippen MR) is 278 cm³/mol. The Bertz CT molecular complexity index is 2850. The Labute approximate surface area is 440 Å². The van der Waals surface area contributed by atoms with Crippen molar-refractivity contribution >= 4 is 70.5 Å². The molecule has 4 amide bonds. The highest BCUT2D eigenvalue weighted by atomic mass is 32.1. The lowest BCUT2D eigenvalue weighted by Crippen LogP contribution is -2.60. The van der Waals surface area contributed by atoms with Crippen LogP contribution in [0.25, 0.3) is 0 Å². The molecule has 2 heterocycles. The second kappa shape index (κ2) is 25.0. The summed E-state index contributed by atoms with van der Waals surface area (Å²) < 4.78 is 12.2. The summed E-state index contributed by atoms with van der Waals surface area (Å²) in [5.74, 6) is -8.06. The van der Waals surface area contributed by atoms with Crippen LogP contribution in [0.3, 0.4) is 0 Å². The molecule has 0 unspecified atom stereocenters. The summed E-state index contributed by atoms with van der Waals surface area (Å²) in [5, 5.41) is 65.7. The largest absolute Gasteiger partial charge is 0.508 e. The fraction of sp³-hybridized carbons (Fsp3) is 0.353. The van der Waals surface area contributed by atoms with E-state index in [0.717, 1.165) is 0 Å². The zero-order valence-corrected chi connectivity index (χ0v) is 42.1. The van der Waals surface area contributed by atoms with Crippen LogP contribution in [0.1, 0.15) is 85.0 Å². The van der Waals surface area contributed by atoms with Crippen LogP contribution in [0.4, 0.5) is 5.69 Å². The number of aliphatic imine (C=N–C) groups is 1. The number of carbonyl (C=O) groups is 7. The number of benzene rings is 4. The van der Waals surface area contributed by atoms with Crippen molar-refractivity contribution in [2.45, 2.75) is 94.6 Å². The summed E-state index contributed by atoms with van der Waals surface area (Å²) in [5.41, 5.74) is 17.4. The van der Waals surface area contributed by atoms with E-state index < -0.39 is 89.7 Å². The molecule has 24 nitrogen and oxygen atoms in total. The number of carbonyl (C=O) groups excluding carboxylic acids is 5. The minimum absolute atomic E-state index is 0.0235. The van der Waals surface area contributed by atoms with Crippen molar-refractivity contribution in [1.29, 1.82) is 0 Å². The third-order valence-electron chi connectivity index (χ3n) is 12.4. The molecular weight excluding hydrogens is 1010 g/mol. The van der Waals surface area contributed by atoms with Gasteiger partial charge in [-0.15, -0.1) is 0 Å². The number of rotatable bonds is 24. The Morgan fingerprint density at radius 2 is 1.22 bits per heavy atom. The normalized spacial score (nSPS) is 14.6. The van der Waals surface area contributed by atoms with Gasteiger partial charge in [0.1, 0.15) is 59.0 Å². The number of nitrogens with zero attached hydrogens (tertiary/aromatic N) is 1. The number of anilines is 1. The molecule has 4 aromatic rings. The van der Waals surface area contributed by atoms with Crippen LogP contribution in [0, 0.1) is 5.92 Å². The Morgan fingerprint density at radius 1 is 0.671 bits per heavy atom. The molecule has 2 aliphatic heterocycles. The number of hydrogen-bond donors (Lipinski definition) is 14. The fourth-order valence-electron chi connectivity index (χ4n) is 8.69. The third-order valence-corrected chi connectivity index (χ3v) is 12.6. The van der Waals surface area contributed by atoms with Crippen LogP contribution in [-0.4, -0.2) is 121 Å². The van der Waals surface area contributed by atoms with E-state index in [4.69, 9.17) is 38.9 Å². The molecule has 25 heteroatoms. The molecule has 4 aromatic carbocycles. The number of esters is 1. The number of aromatic hydroxyl groups is 3. The number of phenolic OH excluding ortho intramolecular Hbond substituents is 3. The number of hydrogen-bond acceptors (Lipinski definition) is 15. The van der Waals surface area contributed by atoms with Gasteiger partial charge in [-0.3, -0.25) is 29.0 Å². The van der Waals surface area contributed by atoms with Crippen molar-refractivity contribution in [1.82, 2.24) is 26.6 Å². The van der Waals surface area contributed by atoms with E-state index in [1.165, 1.54) is 54.6 Å². The van der Waals surface area contributed by atoms with Gasteiger partial charge in [-0.2, -0.15) is 0 Å². The number of phenols is 3. The van der Waals surface area contributed by atoms with Crippen LogP contribution in [0.5, 0.6) is 28.7 Å². The number of nitrogens with two attached hydrogens (primary N) is 3. The number of ether oxygens (including phenoxy) is 2. The van der Waals surface area contributed by atoms with Crippen molar-refractivity contribution < 1.29 is 68.6 Å². The smallest absolute Gasteiger partial charge is 0.340 e. The van der Waals surface area contributed by atoms with Crippen LogP contribution in [0.2, 0.25) is 0 Å². The summed E-state index contributed by atoms with van der Waals surface area (Å²) in [6.45, 7) is 3.43. The van der Waals surface area contributed by atoms with Crippen LogP contribution < -0.4 is 53.8 Å². The summed E-state index contributed by atoms with van der Waals surface area (Å²) in [4.78, 5) is 97.7. The van der Waals surface area contributed by atoms with Gasteiger partial charge in [0.15, 0.2) is 16.7 Å². The Kier molecular flexibility index (Phi) is 18.6. The molecule has 76 heavy (non-hydrogen) atoms. The lowest BCUT2D eigenvalue weighted by atomic mass is 9.77. The standard InChI is InChI=1S/C51H60N10O14S/c1-25(2)42(46(70)59-38(47(71)72)20-26-8-11-28(62)12-9-26)61-45(69)37(24-41(65)66)58-43(67)35(6-3-4-18-52)57-44(68)36(7-5-19-55-49(53)54)60-50(76)56-27-10-15-32-31(21-27)48(73)75-51(32)33-16-13-29(63)22-39(33)74-40-23-30(64)14-17-34(40)51/h8-17,21-23,25,35-38,42,62-64H,3-7,18-20,24,52H2,1-2H3,(H,57,68)(H,58,67)(H,59,70)(H,61,69)(H,65,66)(H,71,72)(H4,53,54,55)(H2,56,60,76)/t35-,36-,37-,38-,42-/m0/s1. The molecule has 0 bridgehead atoms. The van der Waals surface area contributed by atoms with Crippen molar-refractivity contribution in [3.8, 4) is 28.7 Å². The van der Waals surface area contributed by atoms with E-state index in [1.807, 2.05) is 0 Å². The first-order chi connectivity index (χ1) is 36.1. The SMILES string of the molecule is CC(C)[C@H](NC(=O)[C@H](CC(=O)O)NC(=O)[C@H](CCCCN)NC(=O)[C@H](CCCN=C(N)N)NC(=S)Nc1ccc2c(c1)C(=O)OC21c2ccc(O)cc2Oc2cc(O)ccc21)C(=O)N[C@@H](Cc1ccc(O)cc1)C(=O)O. The molecule has 1 spiro atoms. The molecule has 0 aliphatic carbocycles. The molecule has 0 radical (unpaired) electrons. The molecule has 0 saturated heterocycles. The Hall–Kier alpha value is -8.71. The molecule has 0 saturated carbocycles. The first kappa shape index (κ1) is 56.6. The summed E-state index contributed by atoms with van der Waals surface area (Å²) in [6.07, 6.45) is -0.181. The first-order valence-electron chi connectivity index (χ1n) is 24.1. The molecule has 404 valence electrons. The van der Waals surface area contributed by atoms with Gasteiger partial charge in [-0.25, -0.2) is 9.59 Å². The molecular formula is C51H60N10O14S. The van der Waals surface area contributed by atoms with Gasteiger partial charge < -0.3 is 84.1 Å². The van der Waals surface area contributed by atoms with E-state index in [9.17, 15) is 59.1 Å². The predicted octanol–water partition coefficient (Wildman–Crippen LogP) is 1.61. The zero-order chi connectivity index (χ0) is 55.4. The zero-order valence-electron chi connectivity index (χ0n) is 41.3. The maximum Gasteiger partial charge on any atom is 0.340 e. The van der Waals surface area contributed by atoms with E-state index in [0.29, 0.717) is 40.8 Å². The average molecular weight is 1070 g/mol. The summed E-state index contributed by atoms with van der Waals surface area (Å²) in [7, 11) is 0. The van der Waals surface area contributed by atoms with Gasteiger partial charge in [0.2, 0.25) is 23.6 Å². The Morgan fingerprint density at radius 3 is 1.80 bits per heavy atom. The number of aliphatic carboxylic acids is 2. The van der Waals surface area contributed by atoms with Crippen molar-refractivity contribution in [2.75, 3.05) is 18.4 Å². The molecule has 17 N–H and O–H groups in total. The third kappa shape index (κ3) is 13.9. The summed E-state index contributed by atoms with van der Waals surface area (Å²) >= 11 is 5.66. The van der Waals surface area contributed by atoms with Crippen molar-refractivity contribution in [3.05, 3.63) is 107 Å². The van der Waals surface area contributed by atoms with E-state index >= 15 is 0 Å². The maximum absolute atomic E-state index is 14.3. The summed E-state index contributed by atoms with van der Waals surface area (Å²) in [6, 6.07) is 11.9. The number of carboxylic acid groups (broad SMARTS) is 2. The monoisotopic (exact) mass is 1070 g/mol. The van der Waals surface area contributed by atoms with Gasteiger partial charge in [0, 0.05) is 47.5 Å². The minimum atomic E-state index is -1.79. The Balaban J connectivity index is 1.18. The van der Waals surface area contributed by atoms with Gasteiger partial charge in [0.05, 0.1) is 12.0 Å². The molecule has 2 aliphatic rings. The number of unbranched alkanes of at least 4 members (excludes halogenated alkanes) is 1. The number of amides is 4. The fourth-order valence-corrected chi connectivity index (χ4v) is 8.95.